The van der Waals surface area contributed by atoms with Gasteiger partial charge in [0.05, 0.1) is 13.7 Å². The van der Waals surface area contributed by atoms with Crippen LogP contribution in [0.3, 0.4) is 0 Å². The summed E-state index contributed by atoms with van der Waals surface area (Å²) in [4.78, 5) is 0. The number of phenolic OH excluding ortho intramolecular Hbond substituents is 1. The number of benzene rings is 1. The lowest BCUT2D eigenvalue weighted by molar-refractivity contribution is 0.0982. The van der Waals surface area contributed by atoms with E-state index in [1.807, 2.05) is 12.1 Å². The van der Waals surface area contributed by atoms with Crippen molar-refractivity contribution in [1.29, 1.82) is 0 Å². The van der Waals surface area contributed by atoms with Gasteiger partial charge in [0, 0.05) is 12.1 Å². The van der Waals surface area contributed by atoms with Crippen molar-refractivity contribution in [3.63, 3.8) is 0 Å². The molecule has 4 nitrogen and oxygen atoms in total. The van der Waals surface area contributed by atoms with E-state index < -0.39 is 0 Å². The van der Waals surface area contributed by atoms with Gasteiger partial charge in [-0.05, 0) is 36.5 Å². The predicted molar refractivity (Wildman–Crippen MR) is 78.9 cm³/mol. The smallest absolute Gasteiger partial charge is 0.160 e. The maximum Gasteiger partial charge on any atom is 0.160 e. The van der Waals surface area contributed by atoms with Gasteiger partial charge < -0.3 is 20.3 Å². The van der Waals surface area contributed by atoms with Gasteiger partial charge in [-0.3, -0.25) is 0 Å². The van der Waals surface area contributed by atoms with Crippen LogP contribution in [0.1, 0.15) is 38.2 Å². The summed E-state index contributed by atoms with van der Waals surface area (Å²) in [5.41, 5.74) is 0.883. The molecular weight excluding hydrogens is 254 g/mol. The Kier molecular flexibility index (Phi) is 4.89. The Morgan fingerprint density at radius 3 is 2.90 bits per heavy atom. The van der Waals surface area contributed by atoms with Crippen LogP contribution in [0.5, 0.6) is 11.5 Å². The van der Waals surface area contributed by atoms with E-state index in [9.17, 15) is 10.2 Å². The molecule has 2 unspecified atom stereocenters. The molecule has 0 aromatic heterocycles. The molecule has 3 N–H and O–H groups in total. The molecular formula is C16H25NO3. The number of phenols is 1. The van der Waals surface area contributed by atoms with Crippen LogP contribution in [0.15, 0.2) is 18.2 Å². The predicted octanol–water partition coefficient (Wildman–Crippen LogP) is 2.43. The highest BCUT2D eigenvalue weighted by Crippen LogP contribution is 2.32. The summed E-state index contributed by atoms with van der Waals surface area (Å²) in [5.74, 6) is 1.29. The first-order chi connectivity index (χ1) is 9.58. The van der Waals surface area contributed by atoms with Gasteiger partial charge in [0.15, 0.2) is 11.5 Å². The molecule has 1 aliphatic carbocycles. The highest BCUT2D eigenvalue weighted by molar-refractivity contribution is 5.41. The standard InChI is InChI=1S/C16H25NO3/c1-12-4-3-7-16(9-12,11-18)17-10-13-5-6-14(19)15(8-13)20-2/h5-6,8,12,17-19H,3-4,7,9-11H2,1-2H3. The molecule has 1 aromatic carbocycles. The largest absolute Gasteiger partial charge is 0.504 e. The van der Waals surface area contributed by atoms with Crippen molar-refractivity contribution in [3.8, 4) is 11.5 Å². The Balaban J connectivity index is 2.03. The van der Waals surface area contributed by atoms with Crippen LogP contribution in [0, 0.1) is 5.92 Å². The molecule has 0 radical (unpaired) electrons. The first kappa shape index (κ1) is 15.1. The van der Waals surface area contributed by atoms with Gasteiger partial charge in [0.25, 0.3) is 0 Å². The number of aliphatic hydroxyl groups excluding tert-OH is 1. The lowest BCUT2D eigenvalue weighted by Gasteiger charge is -2.39. The fraction of sp³-hybridized carbons (Fsp3) is 0.625. The van der Waals surface area contributed by atoms with Crippen molar-refractivity contribution in [2.24, 2.45) is 5.92 Å². The third-order valence-electron chi connectivity index (χ3n) is 4.31. The van der Waals surface area contributed by atoms with Crippen molar-refractivity contribution in [2.45, 2.75) is 44.7 Å². The van der Waals surface area contributed by atoms with E-state index in [2.05, 4.69) is 12.2 Å². The Bertz CT molecular complexity index is 449. The molecule has 0 aliphatic heterocycles. The highest BCUT2D eigenvalue weighted by Gasteiger charge is 2.33. The van der Waals surface area contributed by atoms with Crippen molar-refractivity contribution >= 4 is 0 Å². The van der Waals surface area contributed by atoms with Gasteiger partial charge >= 0.3 is 0 Å². The minimum Gasteiger partial charge on any atom is -0.504 e. The lowest BCUT2D eigenvalue weighted by Crippen LogP contribution is -2.51. The molecule has 2 rings (SSSR count). The number of hydrogen-bond acceptors (Lipinski definition) is 4. The molecule has 112 valence electrons. The zero-order valence-corrected chi connectivity index (χ0v) is 12.4. The fourth-order valence-corrected chi connectivity index (χ4v) is 3.14. The SMILES string of the molecule is COc1cc(CNC2(CO)CCCC(C)C2)ccc1O. The van der Waals surface area contributed by atoms with E-state index in [1.54, 1.807) is 13.2 Å². The van der Waals surface area contributed by atoms with Crippen molar-refractivity contribution in [1.82, 2.24) is 5.32 Å². The molecule has 0 spiro atoms. The van der Waals surface area contributed by atoms with Crippen molar-refractivity contribution in [2.75, 3.05) is 13.7 Å². The van der Waals surface area contributed by atoms with E-state index in [0.717, 1.165) is 24.8 Å². The number of hydrogen-bond donors (Lipinski definition) is 3. The minimum absolute atomic E-state index is 0.152. The van der Waals surface area contributed by atoms with Gasteiger partial charge in [0.1, 0.15) is 0 Å². The summed E-state index contributed by atoms with van der Waals surface area (Å²) < 4.78 is 5.12. The van der Waals surface area contributed by atoms with Gasteiger partial charge in [0.2, 0.25) is 0 Å². The van der Waals surface area contributed by atoms with Crippen LogP contribution >= 0.6 is 0 Å². The molecule has 0 heterocycles. The molecule has 0 amide bonds. The average Bonchev–Trinajstić information content (AvgIpc) is 2.46. The van der Waals surface area contributed by atoms with E-state index in [4.69, 9.17) is 4.74 Å². The lowest BCUT2D eigenvalue weighted by atomic mass is 9.77. The first-order valence-corrected chi connectivity index (χ1v) is 7.30. The maximum absolute atomic E-state index is 9.76. The maximum atomic E-state index is 9.76. The first-order valence-electron chi connectivity index (χ1n) is 7.30. The molecule has 1 aliphatic rings. The van der Waals surface area contributed by atoms with E-state index in [0.29, 0.717) is 18.2 Å². The second-order valence-electron chi connectivity index (χ2n) is 6.00. The summed E-state index contributed by atoms with van der Waals surface area (Å²) in [6.07, 6.45) is 4.44. The monoisotopic (exact) mass is 279 g/mol. The fourth-order valence-electron chi connectivity index (χ4n) is 3.14. The average molecular weight is 279 g/mol. The van der Waals surface area contributed by atoms with Crippen molar-refractivity contribution < 1.29 is 14.9 Å². The van der Waals surface area contributed by atoms with Gasteiger partial charge in [-0.25, -0.2) is 0 Å². The second kappa shape index (κ2) is 6.46. The van der Waals surface area contributed by atoms with Crippen LogP contribution in [-0.4, -0.2) is 29.5 Å². The molecule has 1 fully saturated rings. The molecule has 0 bridgehead atoms. The Labute approximate surface area is 120 Å². The van der Waals surface area contributed by atoms with E-state index in [1.165, 1.54) is 6.42 Å². The van der Waals surface area contributed by atoms with E-state index >= 15 is 0 Å². The van der Waals surface area contributed by atoms with Crippen LogP contribution in [0.2, 0.25) is 0 Å². The van der Waals surface area contributed by atoms with E-state index in [-0.39, 0.29) is 17.9 Å². The summed E-state index contributed by atoms with van der Waals surface area (Å²) in [7, 11) is 1.55. The van der Waals surface area contributed by atoms with Crippen LogP contribution in [0.4, 0.5) is 0 Å². The number of nitrogens with one attached hydrogen (secondary N) is 1. The van der Waals surface area contributed by atoms with Gasteiger partial charge in [-0.1, -0.05) is 25.8 Å². The minimum atomic E-state index is -0.164. The number of aliphatic hydroxyl groups is 1. The number of rotatable bonds is 5. The Hall–Kier alpha value is -1.26. The van der Waals surface area contributed by atoms with Gasteiger partial charge in [-0.15, -0.1) is 0 Å². The van der Waals surface area contributed by atoms with Crippen LogP contribution in [-0.2, 0) is 6.54 Å². The number of aromatic hydroxyl groups is 1. The highest BCUT2D eigenvalue weighted by atomic mass is 16.5. The summed E-state index contributed by atoms with van der Waals surface area (Å²) in [6.45, 7) is 3.09. The van der Waals surface area contributed by atoms with Crippen LogP contribution in [0.25, 0.3) is 0 Å². The third kappa shape index (κ3) is 3.44. The number of methoxy groups -OCH3 is 1. The summed E-state index contributed by atoms with van der Waals surface area (Å²) >= 11 is 0. The third-order valence-corrected chi connectivity index (χ3v) is 4.31. The molecule has 1 saturated carbocycles. The second-order valence-corrected chi connectivity index (χ2v) is 6.00. The molecule has 4 heteroatoms. The Morgan fingerprint density at radius 1 is 1.45 bits per heavy atom. The molecule has 20 heavy (non-hydrogen) atoms. The molecule has 2 atom stereocenters. The summed E-state index contributed by atoms with van der Waals surface area (Å²) in [6, 6.07) is 5.35. The molecule has 0 saturated heterocycles. The number of ether oxygens (including phenoxy) is 1. The molecule has 1 aromatic rings. The van der Waals surface area contributed by atoms with Gasteiger partial charge in [-0.2, -0.15) is 0 Å². The van der Waals surface area contributed by atoms with Crippen molar-refractivity contribution in [3.05, 3.63) is 23.8 Å². The normalized spacial score (nSPS) is 26.4. The Morgan fingerprint density at radius 2 is 2.25 bits per heavy atom. The zero-order valence-electron chi connectivity index (χ0n) is 12.4. The quantitative estimate of drug-likeness (QED) is 0.774. The zero-order chi connectivity index (χ0) is 14.6. The summed E-state index contributed by atoms with van der Waals surface area (Å²) in [5, 5.41) is 22.9. The van der Waals surface area contributed by atoms with Crippen LogP contribution < -0.4 is 10.1 Å². The topological polar surface area (TPSA) is 61.7 Å².